The van der Waals surface area contributed by atoms with Gasteiger partial charge in [0, 0.05) is 15.7 Å². The van der Waals surface area contributed by atoms with Crippen molar-refractivity contribution in [3.8, 4) is 0 Å². The van der Waals surface area contributed by atoms with Gasteiger partial charge in [0.15, 0.2) is 5.17 Å². The lowest BCUT2D eigenvalue weighted by Crippen LogP contribution is -2.30. The topological polar surface area (TPSA) is 24.4 Å². The van der Waals surface area contributed by atoms with E-state index in [0.29, 0.717) is 0 Å². The molecule has 1 N–H and O–H groups in total. The molecule has 0 amide bonds. The Morgan fingerprint density at radius 3 is 2.33 bits per heavy atom. The van der Waals surface area contributed by atoms with Gasteiger partial charge in [0.2, 0.25) is 0 Å². The van der Waals surface area contributed by atoms with Gasteiger partial charge in [-0.25, -0.2) is 4.99 Å². The first kappa shape index (κ1) is 18.7. The third-order valence-corrected chi connectivity index (χ3v) is 6.03. The van der Waals surface area contributed by atoms with Gasteiger partial charge in [-0.3, -0.25) is 0 Å². The lowest BCUT2D eigenvalue weighted by atomic mass is 9.84. The van der Waals surface area contributed by atoms with Gasteiger partial charge in [-0.2, -0.15) is 0 Å². The van der Waals surface area contributed by atoms with Gasteiger partial charge in [-0.1, -0.05) is 59.2 Å². The lowest BCUT2D eigenvalue weighted by Gasteiger charge is -2.32. The molecule has 2 aromatic carbocycles. The van der Waals surface area contributed by atoms with Crippen LogP contribution < -0.4 is 5.32 Å². The molecule has 1 aliphatic carbocycles. The van der Waals surface area contributed by atoms with Crippen LogP contribution in [0.25, 0.3) is 6.08 Å². The minimum absolute atomic E-state index is 0.0508. The Labute approximate surface area is 174 Å². The van der Waals surface area contributed by atoms with Crippen LogP contribution in [0.3, 0.4) is 0 Å². The van der Waals surface area contributed by atoms with Gasteiger partial charge in [0.25, 0.3) is 0 Å². The van der Waals surface area contributed by atoms with Gasteiger partial charge < -0.3 is 5.32 Å². The number of benzene rings is 2. The number of hydrogen-bond donors (Lipinski definition) is 1. The van der Waals surface area contributed by atoms with E-state index in [0.717, 1.165) is 34.5 Å². The predicted molar refractivity (Wildman–Crippen MR) is 119 cm³/mol. The third kappa shape index (κ3) is 4.11. The number of hydrogen-bond acceptors (Lipinski definition) is 3. The predicted octanol–water partition coefficient (Wildman–Crippen LogP) is 6.88. The van der Waals surface area contributed by atoms with E-state index in [2.05, 4.69) is 41.9 Å². The second kappa shape index (κ2) is 8.14. The number of rotatable bonds is 2. The summed E-state index contributed by atoms with van der Waals surface area (Å²) in [5.74, 6) is 0. The van der Waals surface area contributed by atoms with Crippen molar-refractivity contribution in [2.75, 3.05) is 6.26 Å². The fourth-order valence-electron chi connectivity index (χ4n) is 3.62. The Morgan fingerprint density at radius 1 is 1.00 bits per heavy atom. The molecule has 2 aliphatic rings. The summed E-state index contributed by atoms with van der Waals surface area (Å²) in [4.78, 5) is 4.96. The number of thioether (sulfide) groups is 1. The number of nitrogens with zero attached hydrogens (tertiary/aromatic N) is 1. The quantitative estimate of drug-likeness (QED) is 0.578. The molecule has 0 radical (unpaired) electrons. The Bertz CT molecular complexity index is 928. The molecule has 0 bridgehead atoms. The Morgan fingerprint density at radius 2 is 1.67 bits per heavy atom. The number of halogens is 2. The fraction of sp³-hybridized carbons (Fsp3) is 0.227. The summed E-state index contributed by atoms with van der Waals surface area (Å²) < 4.78 is 0. The van der Waals surface area contributed by atoms with Crippen molar-refractivity contribution in [3.05, 3.63) is 86.5 Å². The van der Waals surface area contributed by atoms with E-state index in [-0.39, 0.29) is 6.04 Å². The monoisotopic (exact) mass is 414 g/mol. The van der Waals surface area contributed by atoms with E-state index in [1.165, 1.54) is 28.0 Å². The highest BCUT2D eigenvalue weighted by Gasteiger charge is 2.29. The molecular formula is C22H20Cl2N2S. The van der Waals surface area contributed by atoms with Crippen LogP contribution in [-0.2, 0) is 0 Å². The standard InChI is InChI=1S/C22H20Cl2N2S/c1-27-22-25-20(15-7-11-18(24)12-8-15)19-4-2-3-16(21(19)26-22)13-14-5-9-17(23)10-6-14/h5-13,20H,2-4H2,1H3,(H,25,26)/b16-13+/t20-/m1/s1. The van der Waals surface area contributed by atoms with Crippen LogP contribution in [0.15, 0.2) is 70.4 Å². The molecular weight excluding hydrogens is 395 g/mol. The highest BCUT2D eigenvalue weighted by molar-refractivity contribution is 8.13. The number of amidine groups is 1. The highest BCUT2D eigenvalue weighted by Crippen LogP contribution is 2.41. The summed E-state index contributed by atoms with van der Waals surface area (Å²) in [7, 11) is 0. The second-order valence-corrected chi connectivity index (χ2v) is 8.36. The molecule has 2 nitrogen and oxygen atoms in total. The Balaban J connectivity index is 1.76. The Kier molecular flexibility index (Phi) is 5.63. The van der Waals surface area contributed by atoms with Gasteiger partial charge >= 0.3 is 0 Å². The SMILES string of the molecule is CSC1=N[C@H](c2ccc(Cl)cc2)C2=C(N1)/C(=C/c1ccc(Cl)cc1)CCC2. The van der Waals surface area contributed by atoms with Crippen LogP contribution in [0, 0.1) is 0 Å². The van der Waals surface area contributed by atoms with Crippen molar-refractivity contribution in [1.29, 1.82) is 0 Å². The third-order valence-electron chi connectivity index (χ3n) is 4.93. The summed E-state index contributed by atoms with van der Waals surface area (Å²) in [5.41, 5.74) is 6.28. The number of nitrogens with one attached hydrogen (secondary N) is 1. The van der Waals surface area contributed by atoms with Crippen molar-refractivity contribution in [3.63, 3.8) is 0 Å². The normalized spacial score (nSPS) is 20.9. The molecule has 0 fully saturated rings. The van der Waals surface area contributed by atoms with E-state index in [4.69, 9.17) is 28.2 Å². The van der Waals surface area contributed by atoms with Crippen molar-refractivity contribution in [1.82, 2.24) is 5.32 Å². The summed E-state index contributed by atoms with van der Waals surface area (Å²) >= 11 is 13.8. The zero-order chi connectivity index (χ0) is 18.8. The molecule has 0 saturated carbocycles. The maximum atomic E-state index is 6.09. The van der Waals surface area contributed by atoms with Gasteiger partial charge in [-0.05, 0) is 78.1 Å². The Hall–Kier alpha value is -1.68. The van der Waals surface area contributed by atoms with Gasteiger partial charge in [-0.15, -0.1) is 0 Å². The first-order valence-corrected chi connectivity index (χ1v) is 11.0. The smallest absolute Gasteiger partial charge is 0.161 e. The van der Waals surface area contributed by atoms with E-state index in [1.807, 2.05) is 24.3 Å². The van der Waals surface area contributed by atoms with Crippen molar-refractivity contribution < 1.29 is 0 Å². The summed E-state index contributed by atoms with van der Waals surface area (Å²) in [6, 6.07) is 16.1. The summed E-state index contributed by atoms with van der Waals surface area (Å²) in [6.07, 6.45) is 7.57. The largest absolute Gasteiger partial charge is 0.335 e. The van der Waals surface area contributed by atoms with E-state index >= 15 is 0 Å². The van der Waals surface area contributed by atoms with E-state index in [1.54, 1.807) is 11.8 Å². The van der Waals surface area contributed by atoms with Crippen molar-refractivity contribution >= 4 is 46.2 Å². The van der Waals surface area contributed by atoms with Crippen molar-refractivity contribution in [2.24, 2.45) is 4.99 Å². The first-order valence-electron chi connectivity index (χ1n) is 8.98. The average molecular weight is 415 g/mol. The number of allylic oxidation sites excluding steroid dienone is 1. The first-order chi connectivity index (χ1) is 13.1. The minimum atomic E-state index is 0.0508. The van der Waals surface area contributed by atoms with Crippen LogP contribution in [-0.4, -0.2) is 11.4 Å². The molecule has 0 saturated heterocycles. The summed E-state index contributed by atoms with van der Waals surface area (Å²) in [6.45, 7) is 0. The molecule has 0 spiro atoms. The van der Waals surface area contributed by atoms with Crippen LogP contribution >= 0.6 is 35.0 Å². The van der Waals surface area contributed by atoms with Gasteiger partial charge in [0.1, 0.15) is 6.04 Å². The molecule has 27 heavy (non-hydrogen) atoms. The van der Waals surface area contributed by atoms with Crippen LogP contribution in [0.5, 0.6) is 0 Å². The molecule has 2 aromatic rings. The van der Waals surface area contributed by atoms with Crippen LogP contribution in [0.4, 0.5) is 0 Å². The fourth-order valence-corrected chi connectivity index (χ4v) is 4.29. The molecule has 4 rings (SSSR count). The molecule has 1 aliphatic heterocycles. The van der Waals surface area contributed by atoms with Gasteiger partial charge in [0.05, 0.1) is 0 Å². The zero-order valence-corrected chi connectivity index (χ0v) is 17.3. The molecule has 0 unspecified atom stereocenters. The van der Waals surface area contributed by atoms with E-state index < -0.39 is 0 Å². The summed E-state index contributed by atoms with van der Waals surface area (Å²) in [5, 5.41) is 6.04. The molecule has 138 valence electrons. The molecule has 1 heterocycles. The molecule has 5 heteroatoms. The average Bonchev–Trinajstić information content (AvgIpc) is 2.70. The molecule has 0 aromatic heterocycles. The second-order valence-electron chi connectivity index (χ2n) is 6.69. The number of aliphatic imine (C=N–C) groups is 1. The lowest BCUT2D eigenvalue weighted by molar-refractivity contribution is 0.660. The maximum absolute atomic E-state index is 6.09. The van der Waals surface area contributed by atoms with E-state index in [9.17, 15) is 0 Å². The van der Waals surface area contributed by atoms with Crippen LogP contribution in [0.1, 0.15) is 36.4 Å². The zero-order valence-electron chi connectivity index (χ0n) is 15.0. The molecule has 1 atom stereocenters. The highest BCUT2D eigenvalue weighted by atomic mass is 35.5. The van der Waals surface area contributed by atoms with Crippen molar-refractivity contribution in [2.45, 2.75) is 25.3 Å². The maximum Gasteiger partial charge on any atom is 0.161 e. The van der Waals surface area contributed by atoms with Crippen LogP contribution in [0.2, 0.25) is 10.0 Å². The minimum Gasteiger partial charge on any atom is -0.335 e.